The van der Waals surface area contributed by atoms with Crippen LogP contribution in [0.4, 0.5) is 11.8 Å². The molecule has 1 atom stereocenters. The Hall–Kier alpha value is -1.82. The van der Waals surface area contributed by atoms with Crippen molar-refractivity contribution < 1.29 is 4.42 Å². The van der Waals surface area contributed by atoms with Crippen LogP contribution in [0.3, 0.4) is 0 Å². The van der Waals surface area contributed by atoms with Crippen LogP contribution < -0.4 is 11.1 Å². The molecule has 2 heterocycles. The van der Waals surface area contributed by atoms with Gasteiger partial charge in [-0.3, -0.25) is 0 Å². The van der Waals surface area contributed by atoms with Gasteiger partial charge in [-0.2, -0.15) is 4.98 Å². The summed E-state index contributed by atoms with van der Waals surface area (Å²) < 4.78 is 5.40. The van der Waals surface area contributed by atoms with Crippen molar-refractivity contribution in [3.8, 4) is 0 Å². The van der Waals surface area contributed by atoms with E-state index in [0.717, 1.165) is 5.76 Å². The third-order valence-corrected chi connectivity index (χ3v) is 2.28. The second-order valence-corrected chi connectivity index (χ2v) is 4.00. The minimum atomic E-state index is -0.130. The van der Waals surface area contributed by atoms with Crippen molar-refractivity contribution in [2.45, 2.75) is 19.9 Å². The van der Waals surface area contributed by atoms with Gasteiger partial charge in [0.05, 0.1) is 6.20 Å². The van der Waals surface area contributed by atoms with E-state index in [4.69, 9.17) is 21.8 Å². The monoisotopic (exact) mass is 253 g/mol. The summed E-state index contributed by atoms with van der Waals surface area (Å²) in [4.78, 5) is 11.9. The van der Waals surface area contributed by atoms with Gasteiger partial charge in [0.25, 0.3) is 0 Å². The maximum atomic E-state index is 5.77. The first-order valence-corrected chi connectivity index (χ1v) is 5.41. The van der Waals surface area contributed by atoms with Gasteiger partial charge in [-0.15, -0.1) is 0 Å². The Labute approximate surface area is 103 Å². The number of hydrogen-bond donors (Lipinski definition) is 2. The Bertz CT molecular complexity index is 507. The van der Waals surface area contributed by atoms with Crippen LogP contribution in [0.5, 0.6) is 0 Å². The van der Waals surface area contributed by atoms with Crippen LogP contribution in [0.15, 0.2) is 16.7 Å². The van der Waals surface area contributed by atoms with Gasteiger partial charge in [-0.25, -0.2) is 9.97 Å². The van der Waals surface area contributed by atoms with E-state index < -0.39 is 0 Å². The topological polar surface area (TPSA) is 89.9 Å². The zero-order valence-electron chi connectivity index (χ0n) is 9.44. The number of nitrogens with zero attached hydrogens (tertiary/aromatic N) is 3. The number of aromatic nitrogens is 3. The third-order valence-electron chi connectivity index (χ3n) is 2.09. The summed E-state index contributed by atoms with van der Waals surface area (Å²) in [5.74, 6) is 1.99. The lowest BCUT2D eigenvalue weighted by molar-refractivity contribution is 0.453. The smallest absolute Gasteiger partial charge is 0.223 e. The number of hydrogen-bond acceptors (Lipinski definition) is 6. The number of nitrogens with one attached hydrogen (secondary N) is 1. The summed E-state index contributed by atoms with van der Waals surface area (Å²) in [5, 5.41) is 3.37. The lowest BCUT2D eigenvalue weighted by Gasteiger charge is -2.11. The van der Waals surface area contributed by atoms with Crippen LogP contribution in [0.25, 0.3) is 0 Å². The molecule has 2 rings (SSSR count). The first-order valence-electron chi connectivity index (χ1n) is 5.03. The number of oxazole rings is 1. The molecule has 3 N–H and O–H groups in total. The molecule has 0 amide bonds. The first kappa shape index (κ1) is 11.7. The van der Waals surface area contributed by atoms with E-state index in [1.165, 1.54) is 0 Å². The summed E-state index contributed by atoms with van der Waals surface area (Å²) >= 11 is 5.77. The second-order valence-electron chi connectivity index (χ2n) is 3.61. The van der Waals surface area contributed by atoms with Crippen molar-refractivity contribution in [2.75, 3.05) is 11.1 Å². The van der Waals surface area contributed by atoms with E-state index in [0.29, 0.717) is 11.7 Å². The molecule has 0 aliphatic heterocycles. The van der Waals surface area contributed by atoms with E-state index in [1.807, 2.05) is 13.8 Å². The SMILES string of the molecule is Cc1cnc(C(C)Nc2cc(Cl)nc(N)n2)o1. The van der Waals surface area contributed by atoms with Gasteiger partial charge in [0.1, 0.15) is 22.8 Å². The molecule has 7 heteroatoms. The molecule has 1 unspecified atom stereocenters. The Morgan fingerprint density at radius 3 is 2.82 bits per heavy atom. The molecular formula is C10H12ClN5O. The summed E-state index contributed by atoms with van der Waals surface area (Å²) in [6, 6.07) is 1.46. The van der Waals surface area contributed by atoms with Crippen LogP contribution in [0.2, 0.25) is 5.15 Å². The average Bonchev–Trinajstić information content (AvgIpc) is 2.63. The minimum absolute atomic E-state index is 0.121. The highest BCUT2D eigenvalue weighted by Gasteiger charge is 2.12. The van der Waals surface area contributed by atoms with Crippen molar-refractivity contribution in [3.63, 3.8) is 0 Å². The van der Waals surface area contributed by atoms with Crippen LogP contribution in [-0.2, 0) is 0 Å². The van der Waals surface area contributed by atoms with Gasteiger partial charge < -0.3 is 15.5 Å². The number of nitrogen functional groups attached to an aromatic ring is 1. The van der Waals surface area contributed by atoms with Crippen LogP contribution in [0.1, 0.15) is 24.6 Å². The highest BCUT2D eigenvalue weighted by molar-refractivity contribution is 6.29. The Balaban J connectivity index is 2.15. The van der Waals surface area contributed by atoms with Gasteiger partial charge in [0.2, 0.25) is 11.8 Å². The highest BCUT2D eigenvalue weighted by atomic mass is 35.5. The quantitative estimate of drug-likeness (QED) is 0.815. The van der Waals surface area contributed by atoms with Crippen molar-refractivity contribution in [2.24, 2.45) is 0 Å². The zero-order valence-corrected chi connectivity index (χ0v) is 10.2. The number of anilines is 2. The van der Waals surface area contributed by atoms with Crippen LogP contribution in [-0.4, -0.2) is 15.0 Å². The van der Waals surface area contributed by atoms with Crippen molar-refractivity contribution in [1.82, 2.24) is 15.0 Å². The normalized spacial score (nSPS) is 12.4. The van der Waals surface area contributed by atoms with Gasteiger partial charge in [-0.1, -0.05) is 11.6 Å². The lowest BCUT2D eigenvalue weighted by Crippen LogP contribution is -2.09. The fourth-order valence-corrected chi connectivity index (χ4v) is 1.56. The average molecular weight is 254 g/mol. The second kappa shape index (κ2) is 4.58. The van der Waals surface area contributed by atoms with E-state index in [1.54, 1.807) is 12.3 Å². The molecule has 2 aromatic heterocycles. The molecule has 6 nitrogen and oxygen atoms in total. The molecule has 0 aliphatic rings. The van der Waals surface area contributed by atoms with Crippen LogP contribution >= 0.6 is 11.6 Å². The fraction of sp³-hybridized carbons (Fsp3) is 0.300. The molecule has 0 aliphatic carbocycles. The molecule has 0 radical (unpaired) electrons. The Morgan fingerprint density at radius 2 is 2.24 bits per heavy atom. The van der Waals surface area contributed by atoms with Crippen molar-refractivity contribution in [3.05, 3.63) is 29.1 Å². The number of aryl methyl sites for hydroxylation is 1. The molecule has 0 fully saturated rings. The minimum Gasteiger partial charge on any atom is -0.444 e. The van der Waals surface area contributed by atoms with E-state index in [-0.39, 0.29) is 17.1 Å². The van der Waals surface area contributed by atoms with E-state index in [9.17, 15) is 0 Å². The third kappa shape index (κ3) is 2.85. The Morgan fingerprint density at radius 1 is 1.47 bits per heavy atom. The lowest BCUT2D eigenvalue weighted by atomic mass is 10.3. The molecular weight excluding hydrogens is 242 g/mol. The number of rotatable bonds is 3. The van der Waals surface area contributed by atoms with Crippen LogP contribution in [0, 0.1) is 6.92 Å². The molecule has 0 spiro atoms. The van der Waals surface area contributed by atoms with Crippen molar-refractivity contribution >= 4 is 23.4 Å². The van der Waals surface area contributed by atoms with Gasteiger partial charge >= 0.3 is 0 Å². The van der Waals surface area contributed by atoms with Crippen molar-refractivity contribution in [1.29, 1.82) is 0 Å². The standard InChI is InChI=1S/C10H12ClN5O/c1-5-4-13-9(17-5)6(2)14-8-3-7(11)15-10(12)16-8/h3-4,6H,1-2H3,(H3,12,14,15,16). The first-order chi connectivity index (χ1) is 8.04. The predicted molar refractivity (Wildman–Crippen MR) is 64.7 cm³/mol. The number of halogens is 1. The fourth-order valence-electron chi connectivity index (χ4n) is 1.37. The number of nitrogens with two attached hydrogens (primary N) is 1. The molecule has 90 valence electrons. The van der Waals surface area contributed by atoms with Gasteiger partial charge in [-0.05, 0) is 13.8 Å². The maximum absolute atomic E-state index is 5.77. The molecule has 0 aromatic carbocycles. The summed E-state index contributed by atoms with van der Waals surface area (Å²) in [5.41, 5.74) is 5.49. The van der Waals surface area contributed by atoms with Gasteiger partial charge in [0.15, 0.2) is 0 Å². The highest BCUT2D eigenvalue weighted by Crippen LogP contribution is 2.19. The zero-order chi connectivity index (χ0) is 12.4. The molecule has 17 heavy (non-hydrogen) atoms. The molecule has 0 saturated heterocycles. The largest absolute Gasteiger partial charge is 0.444 e. The molecule has 0 bridgehead atoms. The summed E-state index contributed by atoms with van der Waals surface area (Å²) in [6.07, 6.45) is 1.66. The van der Waals surface area contributed by atoms with E-state index in [2.05, 4.69) is 20.3 Å². The summed E-state index contributed by atoms with van der Waals surface area (Å²) in [7, 11) is 0. The Kier molecular flexibility index (Phi) is 3.14. The summed E-state index contributed by atoms with van der Waals surface area (Å²) in [6.45, 7) is 3.74. The van der Waals surface area contributed by atoms with Gasteiger partial charge in [0, 0.05) is 6.07 Å². The molecule has 0 saturated carbocycles. The maximum Gasteiger partial charge on any atom is 0.223 e. The van der Waals surface area contributed by atoms with E-state index >= 15 is 0 Å². The predicted octanol–water partition coefficient (Wildman–Crippen LogP) is 2.18. The molecule has 2 aromatic rings.